The highest BCUT2D eigenvalue weighted by Gasteiger charge is 2.34. The normalized spacial score (nSPS) is 11.4. The Kier molecular flexibility index (Phi) is 5.39. The second-order valence-corrected chi connectivity index (χ2v) is 6.63. The molecular formula is C9H6Br2F3NO3S. The van der Waals surface area contributed by atoms with E-state index in [-0.39, 0.29) is 9.78 Å². The zero-order valence-corrected chi connectivity index (χ0v) is 13.0. The van der Waals surface area contributed by atoms with Gasteiger partial charge in [0, 0.05) is 4.47 Å². The summed E-state index contributed by atoms with van der Waals surface area (Å²) in [5.41, 5.74) is 0. The molecule has 10 heteroatoms. The van der Waals surface area contributed by atoms with Crippen molar-refractivity contribution in [3.05, 3.63) is 19.2 Å². The lowest BCUT2D eigenvalue weighted by atomic mass is 10.3. The third kappa shape index (κ3) is 5.11. The van der Waals surface area contributed by atoms with Crippen molar-refractivity contribution in [3.63, 3.8) is 0 Å². The number of carbonyl (C=O) groups is 2. The number of alkyl halides is 3. The maximum absolute atomic E-state index is 12.3. The van der Waals surface area contributed by atoms with Crippen molar-refractivity contribution in [2.45, 2.75) is 6.18 Å². The highest BCUT2D eigenvalue weighted by atomic mass is 79.9. The molecule has 106 valence electrons. The number of carboxylic acids is 1. The SMILES string of the molecule is O=C(O)CN(CC(F)(F)F)C(=O)c1cc(Br)c(Br)s1. The number of hydrogen-bond acceptors (Lipinski definition) is 3. The van der Waals surface area contributed by atoms with Crippen molar-refractivity contribution in [1.29, 1.82) is 0 Å². The number of rotatable bonds is 4. The summed E-state index contributed by atoms with van der Waals surface area (Å²) in [7, 11) is 0. The van der Waals surface area contributed by atoms with Crippen LogP contribution in [-0.2, 0) is 4.79 Å². The molecule has 0 saturated carbocycles. The van der Waals surface area contributed by atoms with E-state index >= 15 is 0 Å². The summed E-state index contributed by atoms with van der Waals surface area (Å²) in [6, 6.07) is 1.34. The van der Waals surface area contributed by atoms with Gasteiger partial charge in [0.2, 0.25) is 0 Å². The highest BCUT2D eigenvalue weighted by Crippen LogP contribution is 2.33. The number of carbonyl (C=O) groups excluding carboxylic acids is 1. The molecule has 0 aromatic carbocycles. The summed E-state index contributed by atoms with van der Waals surface area (Å²) in [5.74, 6) is -2.48. The number of thiophene rings is 1. The smallest absolute Gasteiger partial charge is 0.406 e. The van der Waals surface area contributed by atoms with Crippen LogP contribution in [0, 0.1) is 0 Å². The molecule has 0 aliphatic carbocycles. The summed E-state index contributed by atoms with van der Waals surface area (Å²) >= 11 is 7.13. The molecule has 1 N–H and O–H groups in total. The van der Waals surface area contributed by atoms with E-state index in [0.717, 1.165) is 11.3 Å². The third-order valence-corrected chi connectivity index (χ3v) is 5.08. The molecule has 0 aliphatic rings. The average molecular weight is 425 g/mol. The van der Waals surface area contributed by atoms with Crippen LogP contribution >= 0.6 is 43.2 Å². The predicted octanol–water partition coefficient (Wildman–Crippen LogP) is 3.36. The molecule has 0 aliphatic heterocycles. The Bertz CT molecular complexity index is 484. The van der Waals surface area contributed by atoms with Crippen molar-refractivity contribution in [3.8, 4) is 0 Å². The van der Waals surface area contributed by atoms with Gasteiger partial charge in [-0.2, -0.15) is 13.2 Å². The maximum atomic E-state index is 12.3. The van der Waals surface area contributed by atoms with Crippen LogP contribution in [0.15, 0.2) is 14.3 Å². The van der Waals surface area contributed by atoms with E-state index in [1.54, 1.807) is 0 Å². The summed E-state index contributed by atoms with van der Waals surface area (Å²) in [6.45, 7) is -2.61. The van der Waals surface area contributed by atoms with Crippen LogP contribution in [-0.4, -0.2) is 41.1 Å². The van der Waals surface area contributed by atoms with Gasteiger partial charge < -0.3 is 10.0 Å². The molecule has 1 amide bonds. The first kappa shape index (κ1) is 16.4. The second-order valence-electron chi connectivity index (χ2n) is 3.40. The monoisotopic (exact) mass is 423 g/mol. The van der Waals surface area contributed by atoms with Gasteiger partial charge in [0.1, 0.15) is 13.1 Å². The lowest BCUT2D eigenvalue weighted by molar-refractivity contribution is -0.149. The van der Waals surface area contributed by atoms with Crippen LogP contribution in [0.2, 0.25) is 0 Å². The lowest BCUT2D eigenvalue weighted by Crippen LogP contribution is -2.41. The van der Waals surface area contributed by atoms with E-state index in [1.165, 1.54) is 6.07 Å². The van der Waals surface area contributed by atoms with Crippen molar-refractivity contribution in [2.75, 3.05) is 13.1 Å². The Labute approximate surface area is 126 Å². The first-order valence-corrected chi connectivity index (χ1v) is 7.03. The molecule has 0 atom stereocenters. The molecule has 0 spiro atoms. The largest absolute Gasteiger partial charge is 0.480 e. The van der Waals surface area contributed by atoms with Gasteiger partial charge in [0.25, 0.3) is 5.91 Å². The molecule has 0 saturated heterocycles. The fraction of sp³-hybridized carbons (Fsp3) is 0.333. The fourth-order valence-electron chi connectivity index (χ4n) is 1.19. The number of nitrogens with zero attached hydrogens (tertiary/aromatic N) is 1. The van der Waals surface area contributed by atoms with Crippen LogP contribution in [0.3, 0.4) is 0 Å². The second kappa shape index (κ2) is 6.23. The minimum absolute atomic E-state index is 0.0178. The van der Waals surface area contributed by atoms with Gasteiger partial charge in [0.15, 0.2) is 0 Å². The standard InChI is InChI=1S/C9H6Br2F3NO3S/c10-4-1-5(19-7(4)11)8(18)15(2-6(16)17)3-9(12,13)14/h1H,2-3H2,(H,16,17). The van der Waals surface area contributed by atoms with Gasteiger partial charge in [0.05, 0.1) is 8.66 Å². The minimum atomic E-state index is -4.66. The van der Waals surface area contributed by atoms with Crippen LogP contribution in [0.5, 0.6) is 0 Å². The van der Waals surface area contributed by atoms with E-state index < -0.39 is 31.1 Å². The molecule has 1 aromatic heterocycles. The molecule has 0 unspecified atom stereocenters. The zero-order chi connectivity index (χ0) is 14.8. The van der Waals surface area contributed by atoms with E-state index in [2.05, 4.69) is 31.9 Å². The summed E-state index contributed by atoms with van der Waals surface area (Å²) in [6.07, 6.45) is -4.66. The van der Waals surface area contributed by atoms with E-state index in [0.29, 0.717) is 8.26 Å². The van der Waals surface area contributed by atoms with Crippen LogP contribution in [0.25, 0.3) is 0 Å². The van der Waals surface area contributed by atoms with Gasteiger partial charge in [-0.15, -0.1) is 11.3 Å². The molecule has 1 aromatic rings. The Morgan fingerprint density at radius 3 is 2.32 bits per heavy atom. The minimum Gasteiger partial charge on any atom is -0.480 e. The van der Waals surface area contributed by atoms with Crippen molar-refractivity contribution in [2.24, 2.45) is 0 Å². The molecule has 0 bridgehead atoms. The van der Waals surface area contributed by atoms with Crippen molar-refractivity contribution in [1.82, 2.24) is 4.90 Å². The van der Waals surface area contributed by atoms with Crippen LogP contribution < -0.4 is 0 Å². The molecule has 0 fully saturated rings. The van der Waals surface area contributed by atoms with Gasteiger partial charge in [-0.05, 0) is 37.9 Å². The molecule has 19 heavy (non-hydrogen) atoms. The van der Waals surface area contributed by atoms with Crippen molar-refractivity contribution >= 4 is 55.1 Å². The molecule has 4 nitrogen and oxygen atoms in total. The number of carboxylic acid groups (broad SMARTS) is 1. The van der Waals surface area contributed by atoms with Gasteiger partial charge in [-0.25, -0.2) is 0 Å². The number of hydrogen-bond donors (Lipinski definition) is 1. The summed E-state index contributed by atoms with van der Waals surface area (Å²) in [4.78, 5) is 22.6. The van der Waals surface area contributed by atoms with Gasteiger partial charge >= 0.3 is 12.1 Å². The van der Waals surface area contributed by atoms with E-state index in [9.17, 15) is 22.8 Å². The Hall–Kier alpha value is -0.610. The van der Waals surface area contributed by atoms with Crippen LogP contribution in [0.1, 0.15) is 9.67 Å². The number of aliphatic carboxylic acids is 1. The molecule has 0 radical (unpaired) electrons. The Balaban J connectivity index is 2.96. The van der Waals surface area contributed by atoms with E-state index in [1.807, 2.05) is 0 Å². The molecule has 1 heterocycles. The molecular weight excluding hydrogens is 419 g/mol. The Morgan fingerprint density at radius 1 is 1.37 bits per heavy atom. The van der Waals surface area contributed by atoms with Crippen LogP contribution in [0.4, 0.5) is 13.2 Å². The lowest BCUT2D eigenvalue weighted by Gasteiger charge is -2.21. The first-order valence-electron chi connectivity index (χ1n) is 4.63. The van der Waals surface area contributed by atoms with Gasteiger partial charge in [-0.3, -0.25) is 9.59 Å². The van der Waals surface area contributed by atoms with E-state index in [4.69, 9.17) is 5.11 Å². The predicted molar refractivity (Wildman–Crippen MR) is 69.3 cm³/mol. The van der Waals surface area contributed by atoms with Gasteiger partial charge in [-0.1, -0.05) is 0 Å². The number of amides is 1. The highest BCUT2D eigenvalue weighted by molar-refractivity contribution is 9.13. The third-order valence-electron chi connectivity index (χ3n) is 1.84. The molecule has 1 rings (SSSR count). The fourth-order valence-corrected chi connectivity index (χ4v) is 3.19. The first-order chi connectivity index (χ1) is 8.60. The van der Waals surface area contributed by atoms with Crippen molar-refractivity contribution < 1.29 is 27.9 Å². The number of halogens is 5. The zero-order valence-electron chi connectivity index (χ0n) is 9.00. The maximum Gasteiger partial charge on any atom is 0.406 e. The quantitative estimate of drug-likeness (QED) is 0.806. The summed E-state index contributed by atoms with van der Waals surface area (Å²) < 4.78 is 38.0. The summed E-state index contributed by atoms with van der Waals surface area (Å²) in [5, 5.41) is 8.56. The topological polar surface area (TPSA) is 57.6 Å². The average Bonchev–Trinajstić information content (AvgIpc) is 2.54. The Morgan fingerprint density at radius 2 is 1.95 bits per heavy atom.